The highest BCUT2D eigenvalue weighted by molar-refractivity contribution is 7.89. The van der Waals surface area contributed by atoms with Crippen molar-refractivity contribution in [1.82, 2.24) is 4.31 Å². The lowest BCUT2D eigenvalue weighted by atomic mass is 10.1. The van der Waals surface area contributed by atoms with Gasteiger partial charge >= 0.3 is 0 Å². The molecule has 1 aliphatic heterocycles. The zero-order valence-electron chi connectivity index (χ0n) is 15.5. The zero-order chi connectivity index (χ0) is 18.4. The number of anilines is 1. The number of sulfonamides is 1. The van der Waals surface area contributed by atoms with E-state index in [2.05, 4.69) is 48.2 Å². The van der Waals surface area contributed by atoms with Crippen molar-refractivity contribution in [3.8, 4) is 0 Å². The topological polar surface area (TPSA) is 40.6 Å². The Morgan fingerprint density at radius 2 is 1.54 bits per heavy atom. The predicted molar refractivity (Wildman–Crippen MR) is 108 cm³/mol. The number of aryl methyl sites for hydroxylation is 2. The molecule has 0 bridgehead atoms. The Morgan fingerprint density at radius 1 is 0.885 bits per heavy atom. The molecule has 1 aliphatic rings. The number of piperazine rings is 1. The molecule has 0 radical (unpaired) electrons. The lowest BCUT2D eigenvalue weighted by Crippen LogP contribution is -2.49. The van der Waals surface area contributed by atoms with Crippen molar-refractivity contribution in [3.05, 3.63) is 65.7 Å². The normalized spacial score (nSPS) is 16.0. The summed E-state index contributed by atoms with van der Waals surface area (Å²) in [6.07, 6.45) is 2.48. The minimum atomic E-state index is -3.17. The third kappa shape index (κ3) is 4.65. The fraction of sp³-hybridized carbons (Fsp3) is 0.429. The lowest BCUT2D eigenvalue weighted by molar-refractivity contribution is 0.384. The highest BCUT2D eigenvalue weighted by Gasteiger charge is 2.27. The van der Waals surface area contributed by atoms with Crippen LogP contribution in [0.25, 0.3) is 0 Å². The van der Waals surface area contributed by atoms with E-state index in [9.17, 15) is 8.42 Å². The number of nitrogens with zero attached hydrogens (tertiary/aromatic N) is 2. The highest BCUT2D eigenvalue weighted by atomic mass is 32.2. The third-order valence-corrected chi connectivity index (χ3v) is 7.01. The molecule has 0 amide bonds. The summed E-state index contributed by atoms with van der Waals surface area (Å²) in [6, 6.07) is 18.5. The summed E-state index contributed by atoms with van der Waals surface area (Å²) in [4.78, 5) is 2.31. The van der Waals surface area contributed by atoms with Crippen molar-refractivity contribution in [2.75, 3.05) is 36.8 Å². The van der Waals surface area contributed by atoms with E-state index in [1.54, 1.807) is 4.31 Å². The van der Waals surface area contributed by atoms with Crippen LogP contribution in [0.5, 0.6) is 0 Å². The summed E-state index contributed by atoms with van der Waals surface area (Å²) < 4.78 is 27.0. The number of hydrogen-bond acceptors (Lipinski definition) is 3. The smallest absolute Gasteiger partial charge is 0.214 e. The molecule has 0 saturated carbocycles. The number of hydrogen-bond donors (Lipinski definition) is 0. The minimum Gasteiger partial charge on any atom is -0.369 e. The van der Waals surface area contributed by atoms with E-state index in [0.29, 0.717) is 19.5 Å². The van der Waals surface area contributed by atoms with Gasteiger partial charge in [-0.3, -0.25) is 0 Å². The molecule has 0 N–H and O–H groups in total. The van der Waals surface area contributed by atoms with E-state index in [1.165, 1.54) is 16.8 Å². The van der Waals surface area contributed by atoms with Gasteiger partial charge in [0.25, 0.3) is 0 Å². The van der Waals surface area contributed by atoms with Gasteiger partial charge in [0, 0.05) is 31.9 Å². The Labute approximate surface area is 157 Å². The van der Waals surface area contributed by atoms with Crippen molar-refractivity contribution in [1.29, 1.82) is 0 Å². The van der Waals surface area contributed by atoms with Crippen molar-refractivity contribution in [2.24, 2.45) is 0 Å². The minimum absolute atomic E-state index is 0.230. The predicted octanol–water partition coefficient (Wildman–Crippen LogP) is 3.33. The summed E-state index contributed by atoms with van der Waals surface area (Å²) in [5.74, 6) is 0.230. The van der Waals surface area contributed by atoms with Gasteiger partial charge in [0.2, 0.25) is 10.0 Å². The molecule has 1 heterocycles. The van der Waals surface area contributed by atoms with Crippen LogP contribution in [0.2, 0.25) is 0 Å². The van der Waals surface area contributed by atoms with Crippen molar-refractivity contribution < 1.29 is 8.42 Å². The quantitative estimate of drug-likeness (QED) is 0.748. The molecule has 2 aromatic carbocycles. The van der Waals surface area contributed by atoms with Gasteiger partial charge < -0.3 is 4.90 Å². The molecule has 0 spiro atoms. The molecule has 26 heavy (non-hydrogen) atoms. The summed E-state index contributed by atoms with van der Waals surface area (Å²) in [5.41, 5.74) is 3.77. The van der Waals surface area contributed by atoms with Crippen LogP contribution < -0.4 is 4.90 Å². The SMILES string of the molecule is CCc1ccccc1N1CCN(S(=O)(=O)CCCc2ccccc2)CC1. The van der Waals surface area contributed by atoms with Gasteiger partial charge in [0.1, 0.15) is 0 Å². The number of benzene rings is 2. The maximum atomic E-state index is 12.6. The molecule has 3 rings (SSSR count). The molecule has 5 heteroatoms. The van der Waals surface area contributed by atoms with Crippen LogP contribution in [0.4, 0.5) is 5.69 Å². The second-order valence-electron chi connectivity index (χ2n) is 6.77. The standard InChI is InChI=1S/C21H28N2O2S/c1-2-20-12-6-7-13-21(20)22-14-16-23(17-15-22)26(24,25)18-8-11-19-9-4-3-5-10-19/h3-7,9-10,12-13H,2,8,11,14-18H2,1H3. The van der Waals surface area contributed by atoms with Gasteiger partial charge in [0.05, 0.1) is 5.75 Å². The second-order valence-corrected chi connectivity index (χ2v) is 8.86. The Hall–Kier alpha value is -1.85. The van der Waals surface area contributed by atoms with Gasteiger partial charge in [-0.1, -0.05) is 55.5 Å². The summed E-state index contributed by atoms with van der Waals surface area (Å²) in [5, 5.41) is 0. The third-order valence-electron chi connectivity index (χ3n) is 5.06. The Balaban J connectivity index is 1.53. The van der Waals surface area contributed by atoms with Crippen LogP contribution in [-0.4, -0.2) is 44.7 Å². The molecule has 2 aromatic rings. The van der Waals surface area contributed by atoms with Crippen LogP contribution >= 0.6 is 0 Å². The molecule has 1 fully saturated rings. The Morgan fingerprint density at radius 3 is 2.23 bits per heavy atom. The molecular formula is C21H28N2O2S. The van der Waals surface area contributed by atoms with Gasteiger partial charge in [-0.25, -0.2) is 8.42 Å². The maximum Gasteiger partial charge on any atom is 0.214 e. The maximum absolute atomic E-state index is 12.6. The average Bonchev–Trinajstić information content (AvgIpc) is 2.69. The summed E-state index contributed by atoms with van der Waals surface area (Å²) in [7, 11) is -3.17. The second kappa shape index (κ2) is 8.69. The van der Waals surface area contributed by atoms with Crippen LogP contribution in [0, 0.1) is 0 Å². The van der Waals surface area contributed by atoms with Crippen LogP contribution in [0.1, 0.15) is 24.5 Å². The fourth-order valence-corrected chi connectivity index (χ4v) is 5.04. The lowest BCUT2D eigenvalue weighted by Gasteiger charge is -2.36. The summed E-state index contributed by atoms with van der Waals surface area (Å²) >= 11 is 0. The van der Waals surface area contributed by atoms with Crippen molar-refractivity contribution in [3.63, 3.8) is 0 Å². The summed E-state index contributed by atoms with van der Waals surface area (Å²) in [6.45, 7) is 4.83. The van der Waals surface area contributed by atoms with Crippen molar-refractivity contribution in [2.45, 2.75) is 26.2 Å². The van der Waals surface area contributed by atoms with E-state index in [-0.39, 0.29) is 5.75 Å². The van der Waals surface area contributed by atoms with Crippen LogP contribution in [-0.2, 0) is 22.9 Å². The first-order chi connectivity index (χ1) is 12.6. The highest BCUT2D eigenvalue weighted by Crippen LogP contribution is 2.23. The van der Waals surface area contributed by atoms with E-state index >= 15 is 0 Å². The molecule has 140 valence electrons. The Bertz CT molecular complexity index is 798. The molecular weight excluding hydrogens is 344 g/mol. The van der Waals surface area contributed by atoms with E-state index < -0.39 is 10.0 Å². The molecule has 0 aromatic heterocycles. The first-order valence-corrected chi connectivity index (χ1v) is 11.1. The number of rotatable bonds is 7. The Kier molecular flexibility index (Phi) is 6.33. The van der Waals surface area contributed by atoms with Gasteiger partial charge in [-0.2, -0.15) is 4.31 Å². The van der Waals surface area contributed by atoms with Gasteiger partial charge in [0.15, 0.2) is 0 Å². The number of para-hydroxylation sites is 1. The zero-order valence-corrected chi connectivity index (χ0v) is 16.3. The molecule has 1 saturated heterocycles. The van der Waals surface area contributed by atoms with Crippen LogP contribution in [0.3, 0.4) is 0 Å². The first-order valence-electron chi connectivity index (χ1n) is 9.45. The van der Waals surface area contributed by atoms with E-state index in [4.69, 9.17) is 0 Å². The molecule has 0 atom stereocenters. The molecule has 0 unspecified atom stereocenters. The molecule has 4 nitrogen and oxygen atoms in total. The average molecular weight is 373 g/mol. The van der Waals surface area contributed by atoms with E-state index in [1.807, 2.05) is 18.2 Å². The van der Waals surface area contributed by atoms with Crippen LogP contribution in [0.15, 0.2) is 54.6 Å². The van der Waals surface area contributed by atoms with Gasteiger partial charge in [-0.05, 0) is 36.5 Å². The molecule has 0 aliphatic carbocycles. The first kappa shape index (κ1) is 18.9. The largest absolute Gasteiger partial charge is 0.369 e. The van der Waals surface area contributed by atoms with Crippen molar-refractivity contribution >= 4 is 15.7 Å². The monoisotopic (exact) mass is 372 g/mol. The van der Waals surface area contributed by atoms with E-state index in [0.717, 1.165) is 25.9 Å². The fourth-order valence-electron chi connectivity index (χ4n) is 3.56. The van der Waals surface area contributed by atoms with Gasteiger partial charge in [-0.15, -0.1) is 0 Å².